The van der Waals surface area contributed by atoms with Gasteiger partial charge in [-0.1, -0.05) is 12.1 Å². The number of H-pyrrole nitrogens is 1. The standard InChI is InChI=1S/C14H20N2/c1-9-5-6-10(2)13-12(9)11(8-16-13)7-14(3,4)15/h5-6,8,16H,7,15H2,1-4H3. The number of hydrogen-bond donors (Lipinski definition) is 2. The summed E-state index contributed by atoms with van der Waals surface area (Å²) in [4.78, 5) is 3.36. The average Bonchev–Trinajstić information content (AvgIpc) is 2.54. The predicted octanol–water partition coefficient (Wildman–Crippen LogP) is 3.06. The molecular weight excluding hydrogens is 196 g/mol. The number of aromatic amines is 1. The molecular formula is C14H20N2. The van der Waals surface area contributed by atoms with Crippen LogP contribution in [0.3, 0.4) is 0 Å². The molecule has 2 aromatic rings. The smallest absolute Gasteiger partial charge is 0.0489 e. The Labute approximate surface area is 96.9 Å². The van der Waals surface area contributed by atoms with Crippen LogP contribution in [0, 0.1) is 13.8 Å². The first-order valence-electron chi connectivity index (χ1n) is 5.73. The molecule has 0 aliphatic heterocycles. The van der Waals surface area contributed by atoms with Gasteiger partial charge < -0.3 is 10.7 Å². The van der Waals surface area contributed by atoms with E-state index < -0.39 is 0 Å². The van der Waals surface area contributed by atoms with E-state index in [1.165, 1.54) is 27.6 Å². The van der Waals surface area contributed by atoms with Crippen molar-refractivity contribution in [1.82, 2.24) is 4.98 Å². The quantitative estimate of drug-likeness (QED) is 0.796. The van der Waals surface area contributed by atoms with Crippen LogP contribution < -0.4 is 5.73 Å². The number of nitrogens with one attached hydrogen (secondary N) is 1. The molecule has 3 N–H and O–H groups in total. The summed E-state index contributed by atoms with van der Waals surface area (Å²) in [6.07, 6.45) is 3.00. The Bertz CT molecular complexity index is 515. The normalized spacial score (nSPS) is 12.3. The Morgan fingerprint density at radius 2 is 1.81 bits per heavy atom. The van der Waals surface area contributed by atoms with Gasteiger partial charge >= 0.3 is 0 Å². The minimum absolute atomic E-state index is 0.161. The Morgan fingerprint density at radius 1 is 1.19 bits per heavy atom. The zero-order chi connectivity index (χ0) is 11.9. The minimum Gasteiger partial charge on any atom is -0.361 e. The molecule has 0 atom stereocenters. The molecule has 0 spiro atoms. The second kappa shape index (κ2) is 3.63. The SMILES string of the molecule is Cc1ccc(C)c2c(CC(C)(C)N)c[nH]c12. The lowest BCUT2D eigenvalue weighted by molar-refractivity contribution is 0.518. The summed E-state index contributed by atoms with van der Waals surface area (Å²) < 4.78 is 0. The lowest BCUT2D eigenvalue weighted by Crippen LogP contribution is -2.34. The summed E-state index contributed by atoms with van der Waals surface area (Å²) >= 11 is 0. The van der Waals surface area contributed by atoms with E-state index in [0.717, 1.165) is 6.42 Å². The number of benzene rings is 1. The summed E-state index contributed by atoms with van der Waals surface area (Å²) in [5, 5.41) is 1.35. The van der Waals surface area contributed by atoms with Gasteiger partial charge in [-0.05, 0) is 50.8 Å². The van der Waals surface area contributed by atoms with Gasteiger partial charge in [0.25, 0.3) is 0 Å². The van der Waals surface area contributed by atoms with Gasteiger partial charge in [0.1, 0.15) is 0 Å². The topological polar surface area (TPSA) is 41.8 Å². The number of hydrogen-bond acceptors (Lipinski definition) is 1. The maximum absolute atomic E-state index is 6.09. The molecule has 2 heteroatoms. The first kappa shape index (κ1) is 11.2. The molecule has 1 aromatic heterocycles. The van der Waals surface area contributed by atoms with Crippen LogP contribution in [0.5, 0.6) is 0 Å². The molecule has 86 valence electrons. The Kier molecular flexibility index (Phi) is 2.55. The molecule has 2 nitrogen and oxygen atoms in total. The Morgan fingerprint density at radius 3 is 2.44 bits per heavy atom. The average molecular weight is 216 g/mol. The van der Waals surface area contributed by atoms with E-state index in [1.807, 2.05) is 0 Å². The van der Waals surface area contributed by atoms with Crippen molar-refractivity contribution in [2.45, 2.75) is 39.7 Å². The predicted molar refractivity (Wildman–Crippen MR) is 69.7 cm³/mol. The van der Waals surface area contributed by atoms with Crippen molar-refractivity contribution in [2.75, 3.05) is 0 Å². The lowest BCUT2D eigenvalue weighted by Gasteiger charge is -2.18. The zero-order valence-electron chi connectivity index (χ0n) is 10.5. The summed E-state index contributed by atoms with van der Waals surface area (Å²) in [6.45, 7) is 8.42. The van der Waals surface area contributed by atoms with Crippen LogP contribution in [0.25, 0.3) is 10.9 Å². The molecule has 0 saturated carbocycles. The van der Waals surface area contributed by atoms with Crippen LogP contribution in [0.4, 0.5) is 0 Å². The second-order valence-electron chi connectivity index (χ2n) is 5.43. The molecule has 0 aliphatic carbocycles. The summed E-state index contributed by atoms with van der Waals surface area (Å²) in [6, 6.07) is 4.34. The van der Waals surface area contributed by atoms with Crippen molar-refractivity contribution in [3.8, 4) is 0 Å². The number of aryl methyl sites for hydroxylation is 2. The third kappa shape index (κ3) is 1.98. The van der Waals surface area contributed by atoms with Crippen LogP contribution in [0.15, 0.2) is 18.3 Å². The highest BCUT2D eigenvalue weighted by Crippen LogP contribution is 2.27. The van der Waals surface area contributed by atoms with Gasteiger partial charge in [0.05, 0.1) is 0 Å². The molecule has 0 radical (unpaired) electrons. The van der Waals surface area contributed by atoms with Crippen molar-refractivity contribution in [2.24, 2.45) is 5.73 Å². The van der Waals surface area contributed by atoms with Crippen LogP contribution in [0.1, 0.15) is 30.5 Å². The van der Waals surface area contributed by atoms with Crippen LogP contribution in [0.2, 0.25) is 0 Å². The van der Waals surface area contributed by atoms with Crippen molar-refractivity contribution < 1.29 is 0 Å². The fourth-order valence-corrected chi connectivity index (χ4v) is 2.27. The second-order valence-corrected chi connectivity index (χ2v) is 5.43. The monoisotopic (exact) mass is 216 g/mol. The highest BCUT2D eigenvalue weighted by Gasteiger charge is 2.16. The molecule has 0 aliphatic rings. The number of rotatable bonds is 2. The third-order valence-corrected chi connectivity index (χ3v) is 2.98. The summed E-state index contributed by atoms with van der Waals surface area (Å²) in [7, 11) is 0. The van der Waals surface area contributed by atoms with Crippen molar-refractivity contribution in [1.29, 1.82) is 0 Å². The molecule has 2 rings (SSSR count). The van der Waals surface area contributed by atoms with E-state index in [9.17, 15) is 0 Å². The number of aromatic nitrogens is 1. The van der Waals surface area contributed by atoms with Gasteiger partial charge in [0.2, 0.25) is 0 Å². The van der Waals surface area contributed by atoms with Gasteiger partial charge in [0, 0.05) is 22.6 Å². The summed E-state index contributed by atoms with van der Waals surface area (Å²) in [5.41, 5.74) is 11.1. The van der Waals surface area contributed by atoms with Gasteiger partial charge in [-0.2, -0.15) is 0 Å². The van der Waals surface area contributed by atoms with Gasteiger partial charge in [-0.25, -0.2) is 0 Å². The minimum atomic E-state index is -0.161. The van der Waals surface area contributed by atoms with Crippen molar-refractivity contribution in [3.05, 3.63) is 35.0 Å². The van der Waals surface area contributed by atoms with Gasteiger partial charge in [-0.3, -0.25) is 0 Å². The largest absolute Gasteiger partial charge is 0.361 e. The molecule has 0 unspecified atom stereocenters. The van der Waals surface area contributed by atoms with E-state index in [0.29, 0.717) is 0 Å². The molecule has 1 aromatic carbocycles. The number of nitrogens with two attached hydrogens (primary N) is 1. The highest BCUT2D eigenvalue weighted by molar-refractivity contribution is 5.89. The maximum atomic E-state index is 6.09. The van der Waals surface area contributed by atoms with E-state index in [2.05, 4.69) is 51.0 Å². The molecule has 0 amide bonds. The van der Waals surface area contributed by atoms with Gasteiger partial charge in [0.15, 0.2) is 0 Å². The van der Waals surface area contributed by atoms with Crippen LogP contribution in [-0.4, -0.2) is 10.5 Å². The van der Waals surface area contributed by atoms with E-state index in [-0.39, 0.29) is 5.54 Å². The van der Waals surface area contributed by atoms with E-state index in [1.54, 1.807) is 0 Å². The van der Waals surface area contributed by atoms with Crippen molar-refractivity contribution >= 4 is 10.9 Å². The lowest BCUT2D eigenvalue weighted by atomic mass is 9.94. The fourth-order valence-electron chi connectivity index (χ4n) is 2.27. The number of fused-ring (bicyclic) bond motifs is 1. The van der Waals surface area contributed by atoms with Crippen molar-refractivity contribution in [3.63, 3.8) is 0 Å². The molecule has 0 fully saturated rings. The maximum Gasteiger partial charge on any atom is 0.0489 e. The van der Waals surface area contributed by atoms with Crippen LogP contribution >= 0.6 is 0 Å². The third-order valence-electron chi connectivity index (χ3n) is 2.98. The Hall–Kier alpha value is -1.28. The van der Waals surface area contributed by atoms with Gasteiger partial charge in [-0.15, -0.1) is 0 Å². The first-order valence-corrected chi connectivity index (χ1v) is 5.73. The van der Waals surface area contributed by atoms with Crippen LogP contribution in [-0.2, 0) is 6.42 Å². The zero-order valence-corrected chi connectivity index (χ0v) is 10.5. The van der Waals surface area contributed by atoms with E-state index >= 15 is 0 Å². The van der Waals surface area contributed by atoms with E-state index in [4.69, 9.17) is 5.73 Å². The fraction of sp³-hybridized carbons (Fsp3) is 0.429. The molecule has 0 bridgehead atoms. The molecule has 1 heterocycles. The first-order chi connectivity index (χ1) is 7.38. The summed E-state index contributed by atoms with van der Waals surface area (Å²) in [5.74, 6) is 0. The molecule has 0 saturated heterocycles. The highest BCUT2D eigenvalue weighted by atomic mass is 14.7. The molecule has 16 heavy (non-hydrogen) atoms. The Balaban J connectivity index is 2.60.